The lowest BCUT2D eigenvalue weighted by Crippen LogP contribution is -2.46. The zero-order valence-electron chi connectivity index (χ0n) is 41.7. The van der Waals surface area contributed by atoms with E-state index in [1.807, 2.05) is 21.1 Å². The van der Waals surface area contributed by atoms with E-state index >= 15 is 0 Å². The van der Waals surface area contributed by atoms with Crippen LogP contribution in [0.15, 0.2) is 0 Å². The van der Waals surface area contributed by atoms with E-state index in [2.05, 4.69) is 19.2 Å². The van der Waals surface area contributed by atoms with Crippen molar-refractivity contribution in [3.63, 3.8) is 0 Å². The molecule has 0 spiro atoms. The lowest BCUT2D eigenvalue weighted by atomic mass is 10.0. The molecule has 0 aliphatic rings. The third-order valence-electron chi connectivity index (χ3n) is 12.6. The van der Waals surface area contributed by atoms with E-state index in [0.717, 1.165) is 38.5 Å². The monoisotopic (exact) mass is 887 g/mol. The van der Waals surface area contributed by atoms with Crippen molar-refractivity contribution < 1.29 is 32.9 Å². The number of carbonyl (C=O) groups is 1. The highest BCUT2D eigenvalue weighted by molar-refractivity contribution is 7.45. The number of likely N-dealkylation sites (N-methyl/N-ethyl adjacent to an activating group) is 1. The molecule has 61 heavy (non-hydrogen) atoms. The fourth-order valence-corrected chi connectivity index (χ4v) is 9.06. The second kappa shape index (κ2) is 44.7. The molecule has 8 nitrogen and oxygen atoms in total. The van der Waals surface area contributed by atoms with Crippen molar-refractivity contribution >= 4 is 13.7 Å². The predicted molar refractivity (Wildman–Crippen MR) is 261 cm³/mol. The lowest BCUT2D eigenvalue weighted by Gasteiger charge is -2.30. The van der Waals surface area contributed by atoms with Crippen LogP contribution in [-0.4, -0.2) is 68.5 Å². The van der Waals surface area contributed by atoms with Crippen LogP contribution < -0.4 is 10.2 Å². The number of phosphoric acid groups is 1. The number of aliphatic hydroxyl groups is 1. The average molecular weight is 887 g/mol. The van der Waals surface area contributed by atoms with Crippen LogP contribution in [0, 0.1) is 0 Å². The molecule has 0 fully saturated rings. The fourth-order valence-electron chi connectivity index (χ4n) is 8.34. The van der Waals surface area contributed by atoms with Crippen molar-refractivity contribution in [2.45, 2.75) is 289 Å². The van der Waals surface area contributed by atoms with Crippen LogP contribution in [-0.2, 0) is 18.4 Å². The van der Waals surface area contributed by atoms with Gasteiger partial charge in [-0.25, -0.2) is 0 Å². The largest absolute Gasteiger partial charge is 0.756 e. The number of aliphatic hydroxyl groups excluding tert-OH is 1. The Kier molecular flexibility index (Phi) is 44.3. The maximum atomic E-state index is 12.9. The smallest absolute Gasteiger partial charge is 0.268 e. The molecule has 0 aliphatic heterocycles. The molecule has 0 saturated heterocycles. The molecule has 1 amide bonds. The van der Waals surface area contributed by atoms with Crippen LogP contribution in [0.3, 0.4) is 0 Å². The number of quaternary nitrogens is 1. The summed E-state index contributed by atoms with van der Waals surface area (Å²) in [7, 11) is 1.32. The van der Waals surface area contributed by atoms with Crippen LogP contribution in [0.5, 0.6) is 0 Å². The number of rotatable bonds is 50. The van der Waals surface area contributed by atoms with E-state index in [0.29, 0.717) is 23.9 Å². The van der Waals surface area contributed by atoms with Gasteiger partial charge in [-0.2, -0.15) is 0 Å². The second-order valence-corrected chi connectivity index (χ2v) is 21.4. The molecule has 0 aromatic carbocycles. The maximum Gasteiger partial charge on any atom is 0.268 e. The van der Waals surface area contributed by atoms with E-state index < -0.39 is 20.0 Å². The Labute approximate surface area is 380 Å². The number of carbonyl (C=O) groups excluding carboxylic acids is 1. The minimum absolute atomic E-state index is 0.0161. The van der Waals surface area contributed by atoms with Crippen molar-refractivity contribution in [2.24, 2.45) is 0 Å². The van der Waals surface area contributed by atoms with Gasteiger partial charge in [0.15, 0.2) is 0 Å². The molecule has 0 radical (unpaired) electrons. The SMILES string of the molecule is CCCCCCCCCCCCCCCCCCCCCCCCCCCCCCC(=O)N[C@@H](COP(=O)([O-])OCC[N+](C)(C)C)[C@H](O)CCCCCCCCCCCCC. The van der Waals surface area contributed by atoms with Gasteiger partial charge in [-0.3, -0.25) is 9.36 Å². The van der Waals surface area contributed by atoms with E-state index in [9.17, 15) is 19.4 Å². The maximum absolute atomic E-state index is 12.9. The standard InChI is InChI=1S/C52H107N2O6P/c1-6-8-10-12-14-16-18-19-20-21-22-23-24-25-26-27-28-29-30-31-32-33-34-36-38-40-42-44-46-52(56)53-50(49-60-61(57,58)59-48-47-54(3,4)5)51(55)45-43-41-39-37-35-17-15-13-11-9-7-2/h50-51,55H,6-49H2,1-5H3,(H-,53,56,57,58)/t50-,51+/m0/s1. The zero-order valence-corrected chi connectivity index (χ0v) is 42.5. The van der Waals surface area contributed by atoms with Crippen molar-refractivity contribution in [3.05, 3.63) is 0 Å². The molecule has 1 unspecified atom stereocenters. The zero-order chi connectivity index (χ0) is 45.0. The molecule has 0 aliphatic carbocycles. The highest BCUT2D eigenvalue weighted by Gasteiger charge is 2.24. The molecule has 0 bridgehead atoms. The molecule has 3 atom stereocenters. The third-order valence-corrected chi connectivity index (χ3v) is 13.6. The number of amides is 1. The Bertz CT molecular complexity index is 963. The molecule has 9 heteroatoms. The Balaban J connectivity index is 3.99. The van der Waals surface area contributed by atoms with Gasteiger partial charge in [-0.1, -0.05) is 258 Å². The Morgan fingerprint density at radius 2 is 0.803 bits per heavy atom. The Hall–Kier alpha value is -0.500. The minimum Gasteiger partial charge on any atom is -0.756 e. The van der Waals surface area contributed by atoms with Gasteiger partial charge in [0, 0.05) is 6.42 Å². The van der Waals surface area contributed by atoms with Gasteiger partial charge in [-0.15, -0.1) is 0 Å². The van der Waals surface area contributed by atoms with Gasteiger partial charge in [0.2, 0.25) is 5.91 Å². The van der Waals surface area contributed by atoms with Crippen molar-refractivity contribution in [1.82, 2.24) is 5.32 Å². The third kappa shape index (κ3) is 47.3. The highest BCUT2D eigenvalue weighted by atomic mass is 31.2. The van der Waals surface area contributed by atoms with Crippen LogP contribution in [0.1, 0.15) is 277 Å². The summed E-state index contributed by atoms with van der Waals surface area (Å²) in [4.78, 5) is 25.4. The quantitative estimate of drug-likeness (QED) is 0.0358. The first-order valence-corrected chi connectivity index (χ1v) is 28.3. The summed E-state index contributed by atoms with van der Waals surface area (Å²) >= 11 is 0. The number of phosphoric ester groups is 1. The molecular formula is C52H107N2O6P. The van der Waals surface area contributed by atoms with Crippen molar-refractivity contribution in [3.8, 4) is 0 Å². The van der Waals surface area contributed by atoms with Gasteiger partial charge in [0.05, 0.1) is 39.9 Å². The number of hydrogen-bond acceptors (Lipinski definition) is 6. The number of nitrogens with zero attached hydrogens (tertiary/aromatic N) is 1. The summed E-state index contributed by atoms with van der Waals surface area (Å²) in [6, 6.07) is -0.793. The number of unbranched alkanes of at least 4 members (excludes halogenated alkanes) is 37. The normalized spacial score (nSPS) is 14.0. The van der Waals surface area contributed by atoms with Crippen LogP contribution >= 0.6 is 7.82 Å². The summed E-state index contributed by atoms with van der Waals surface area (Å²) in [6.07, 6.45) is 51.4. The van der Waals surface area contributed by atoms with Crippen LogP contribution in [0.4, 0.5) is 0 Å². The van der Waals surface area contributed by atoms with Crippen LogP contribution in [0.25, 0.3) is 0 Å². The van der Waals surface area contributed by atoms with Gasteiger partial charge < -0.3 is 28.8 Å². The topological polar surface area (TPSA) is 108 Å². The van der Waals surface area contributed by atoms with Crippen molar-refractivity contribution in [2.75, 3.05) is 40.9 Å². The van der Waals surface area contributed by atoms with E-state index in [1.165, 1.54) is 212 Å². The van der Waals surface area contributed by atoms with E-state index in [1.54, 1.807) is 0 Å². The molecule has 0 aromatic heterocycles. The molecule has 0 rings (SSSR count). The van der Waals surface area contributed by atoms with Crippen molar-refractivity contribution in [1.29, 1.82) is 0 Å². The van der Waals surface area contributed by atoms with E-state index in [4.69, 9.17) is 9.05 Å². The lowest BCUT2D eigenvalue weighted by molar-refractivity contribution is -0.870. The first-order valence-electron chi connectivity index (χ1n) is 26.9. The molecule has 0 heterocycles. The summed E-state index contributed by atoms with van der Waals surface area (Å²) in [5.41, 5.74) is 0. The highest BCUT2D eigenvalue weighted by Crippen LogP contribution is 2.38. The Morgan fingerprint density at radius 3 is 1.11 bits per heavy atom. The molecule has 0 aromatic rings. The number of hydrogen-bond donors (Lipinski definition) is 2. The fraction of sp³-hybridized carbons (Fsp3) is 0.981. The summed E-state index contributed by atoms with van der Waals surface area (Å²) in [5, 5.41) is 13.9. The second-order valence-electron chi connectivity index (χ2n) is 20.0. The van der Waals surface area contributed by atoms with E-state index in [-0.39, 0.29) is 19.1 Å². The Morgan fingerprint density at radius 1 is 0.508 bits per heavy atom. The minimum atomic E-state index is -4.56. The molecule has 2 N–H and O–H groups in total. The summed E-state index contributed by atoms with van der Waals surface area (Å²) in [6.45, 7) is 4.75. The van der Waals surface area contributed by atoms with Crippen LogP contribution in [0.2, 0.25) is 0 Å². The summed E-state index contributed by atoms with van der Waals surface area (Å²) in [5.74, 6) is -0.159. The van der Waals surface area contributed by atoms with Gasteiger partial charge in [0.25, 0.3) is 7.82 Å². The van der Waals surface area contributed by atoms with Gasteiger partial charge in [0.1, 0.15) is 13.2 Å². The average Bonchev–Trinajstić information content (AvgIpc) is 3.21. The first kappa shape index (κ1) is 60.5. The van der Waals surface area contributed by atoms with Gasteiger partial charge >= 0.3 is 0 Å². The molecule has 0 saturated carbocycles. The van der Waals surface area contributed by atoms with Gasteiger partial charge in [-0.05, 0) is 12.8 Å². The molecular weight excluding hydrogens is 780 g/mol. The predicted octanol–water partition coefficient (Wildman–Crippen LogP) is 15.1. The first-order chi connectivity index (χ1) is 29.5. The molecule has 366 valence electrons. The number of nitrogens with one attached hydrogen (secondary N) is 1. The summed E-state index contributed by atoms with van der Waals surface area (Å²) < 4.78 is 23.3.